The fourth-order valence-corrected chi connectivity index (χ4v) is 1.13. The molecule has 0 unspecified atom stereocenters. The van der Waals surface area contributed by atoms with Gasteiger partial charge in [0.1, 0.15) is 5.65 Å². The minimum Gasteiger partial charge on any atom is -0.477 e. The zero-order chi connectivity index (χ0) is 8.39. The molecule has 2 heterocycles. The largest absolute Gasteiger partial charge is 0.477 e. The molecule has 0 saturated carbocycles. The molecule has 12 heavy (non-hydrogen) atoms. The van der Waals surface area contributed by atoms with Gasteiger partial charge in [-0.2, -0.15) is 4.98 Å². The SMILES string of the molecule is CCOc1cn2ccccc2n1. The number of imidazole rings is 1. The summed E-state index contributed by atoms with van der Waals surface area (Å²) in [6.07, 6.45) is 3.82. The normalized spacial score (nSPS) is 10.4. The highest BCUT2D eigenvalue weighted by Gasteiger charge is 1.98. The summed E-state index contributed by atoms with van der Waals surface area (Å²) in [7, 11) is 0. The zero-order valence-corrected chi connectivity index (χ0v) is 6.90. The quantitative estimate of drug-likeness (QED) is 0.672. The minimum atomic E-state index is 0.657. The van der Waals surface area contributed by atoms with Gasteiger partial charge in [-0.25, -0.2) is 0 Å². The summed E-state index contributed by atoms with van der Waals surface area (Å²) in [6, 6.07) is 5.87. The third kappa shape index (κ3) is 1.13. The van der Waals surface area contributed by atoms with Crippen LogP contribution in [-0.4, -0.2) is 16.0 Å². The van der Waals surface area contributed by atoms with Gasteiger partial charge in [0.25, 0.3) is 0 Å². The Labute approximate surface area is 70.6 Å². The fraction of sp³-hybridized carbons (Fsp3) is 0.222. The van der Waals surface area contributed by atoms with Crippen molar-refractivity contribution in [2.75, 3.05) is 6.61 Å². The number of fused-ring (bicyclic) bond motifs is 1. The Morgan fingerprint density at radius 3 is 3.17 bits per heavy atom. The second kappa shape index (κ2) is 2.85. The summed E-state index contributed by atoms with van der Waals surface area (Å²) in [6.45, 7) is 2.61. The lowest BCUT2D eigenvalue weighted by molar-refractivity contribution is 0.329. The van der Waals surface area contributed by atoms with Crippen molar-refractivity contribution in [2.24, 2.45) is 0 Å². The molecule has 3 heteroatoms. The first-order chi connectivity index (χ1) is 5.90. The summed E-state index contributed by atoms with van der Waals surface area (Å²) in [5.74, 6) is 0.684. The Morgan fingerprint density at radius 2 is 2.42 bits per heavy atom. The van der Waals surface area contributed by atoms with E-state index in [0.29, 0.717) is 12.5 Å². The first-order valence-corrected chi connectivity index (χ1v) is 3.96. The third-order valence-electron chi connectivity index (χ3n) is 1.63. The van der Waals surface area contributed by atoms with Crippen LogP contribution in [0.5, 0.6) is 5.88 Å². The van der Waals surface area contributed by atoms with Gasteiger partial charge in [0.2, 0.25) is 5.88 Å². The second-order valence-electron chi connectivity index (χ2n) is 2.48. The van der Waals surface area contributed by atoms with Crippen molar-refractivity contribution >= 4 is 5.65 Å². The van der Waals surface area contributed by atoms with E-state index in [0.717, 1.165) is 5.65 Å². The Balaban J connectivity index is 2.47. The lowest BCUT2D eigenvalue weighted by atomic mass is 10.5. The van der Waals surface area contributed by atoms with E-state index in [1.54, 1.807) is 0 Å². The highest BCUT2D eigenvalue weighted by Crippen LogP contribution is 2.10. The topological polar surface area (TPSA) is 26.5 Å². The summed E-state index contributed by atoms with van der Waals surface area (Å²) < 4.78 is 7.19. The van der Waals surface area contributed by atoms with Gasteiger partial charge in [-0.1, -0.05) is 6.07 Å². The van der Waals surface area contributed by atoms with Gasteiger partial charge in [0.05, 0.1) is 12.8 Å². The Hall–Kier alpha value is -1.51. The molecule has 0 atom stereocenters. The molecule has 0 aliphatic heterocycles. The molecular formula is C9H10N2O. The average Bonchev–Trinajstić information content (AvgIpc) is 2.47. The first-order valence-electron chi connectivity index (χ1n) is 3.96. The van der Waals surface area contributed by atoms with Gasteiger partial charge in [-0.05, 0) is 19.1 Å². The first kappa shape index (κ1) is 7.16. The maximum atomic E-state index is 5.26. The van der Waals surface area contributed by atoms with E-state index in [1.807, 2.05) is 41.9 Å². The molecule has 0 aromatic carbocycles. The van der Waals surface area contributed by atoms with Gasteiger partial charge >= 0.3 is 0 Å². The van der Waals surface area contributed by atoms with Crippen molar-refractivity contribution in [3.8, 4) is 5.88 Å². The molecule has 2 aromatic heterocycles. The summed E-state index contributed by atoms with van der Waals surface area (Å²) in [5.41, 5.74) is 0.918. The van der Waals surface area contributed by atoms with E-state index < -0.39 is 0 Å². The molecule has 0 spiro atoms. The number of rotatable bonds is 2. The molecule has 0 fully saturated rings. The highest BCUT2D eigenvalue weighted by molar-refractivity contribution is 5.40. The Kier molecular flexibility index (Phi) is 1.70. The van der Waals surface area contributed by atoms with Gasteiger partial charge in [-0.3, -0.25) is 0 Å². The Bertz CT molecular complexity index is 348. The van der Waals surface area contributed by atoms with Crippen LogP contribution in [0.15, 0.2) is 30.6 Å². The van der Waals surface area contributed by atoms with E-state index in [-0.39, 0.29) is 0 Å². The van der Waals surface area contributed by atoms with Crippen molar-refractivity contribution in [1.82, 2.24) is 9.38 Å². The van der Waals surface area contributed by atoms with Gasteiger partial charge in [0.15, 0.2) is 0 Å². The maximum absolute atomic E-state index is 5.26. The standard InChI is InChI=1S/C9H10N2O/c1-2-12-9-7-11-6-4-3-5-8(11)10-9/h3-7H,2H2,1H3. The van der Waals surface area contributed by atoms with Gasteiger partial charge in [0, 0.05) is 6.20 Å². The van der Waals surface area contributed by atoms with Crippen molar-refractivity contribution in [1.29, 1.82) is 0 Å². The molecule has 0 saturated heterocycles. The molecule has 2 rings (SSSR count). The number of pyridine rings is 1. The van der Waals surface area contributed by atoms with Crippen LogP contribution in [0.4, 0.5) is 0 Å². The summed E-state index contributed by atoms with van der Waals surface area (Å²) in [5, 5.41) is 0. The van der Waals surface area contributed by atoms with E-state index in [2.05, 4.69) is 4.98 Å². The van der Waals surface area contributed by atoms with Crippen molar-refractivity contribution in [3.63, 3.8) is 0 Å². The van der Waals surface area contributed by atoms with Crippen LogP contribution in [0.3, 0.4) is 0 Å². The average molecular weight is 162 g/mol. The van der Waals surface area contributed by atoms with Crippen molar-refractivity contribution in [3.05, 3.63) is 30.6 Å². The third-order valence-corrected chi connectivity index (χ3v) is 1.63. The zero-order valence-electron chi connectivity index (χ0n) is 6.90. The van der Waals surface area contributed by atoms with E-state index >= 15 is 0 Å². The van der Waals surface area contributed by atoms with Crippen LogP contribution in [0.1, 0.15) is 6.92 Å². The van der Waals surface area contributed by atoms with Crippen LogP contribution in [-0.2, 0) is 0 Å². The molecule has 3 nitrogen and oxygen atoms in total. The summed E-state index contributed by atoms with van der Waals surface area (Å²) in [4.78, 5) is 4.24. The van der Waals surface area contributed by atoms with Crippen molar-refractivity contribution in [2.45, 2.75) is 6.92 Å². The molecule has 62 valence electrons. The highest BCUT2D eigenvalue weighted by atomic mass is 16.5. The van der Waals surface area contributed by atoms with Gasteiger partial charge < -0.3 is 9.14 Å². The molecule has 2 aromatic rings. The number of ether oxygens (including phenoxy) is 1. The van der Waals surface area contributed by atoms with E-state index in [9.17, 15) is 0 Å². The lowest BCUT2D eigenvalue weighted by Crippen LogP contribution is -1.90. The molecule has 0 N–H and O–H groups in total. The smallest absolute Gasteiger partial charge is 0.232 e. The van der Waals surface area contributed by atoms with E-state index in [1.165, 1.54) is 0 Å². The molecular weight excluding hydrogens is 152 g/mol. The molecule has 0 amide bonds. The molecule has 0 aliphatic carbocycles. The van der Waals surface area contributed by atoms with Gasteiger partial charge in [-0.15, -0.1) is 0 Å². The van der Waals surface area contributed by atoms with Crippen LogP contribution < -0.4 is 4.74 Å². The Morgan fingerprint density at radius 1 is 1.50 bits per heavy atom. The minimum absolute atomic E-state index is 0.657. The maximum Gasteiger partial charge on any atom is 0.232 e. The predicted molar refractivity (Wildman–Crippen MR) is 46.4 cm³/mol. The van der Waals surface area contributed by atoms with Crippen LogP contribution >= 0.6 is 0 Å². The predicted octanol–water partition coefficient (Wildman–Crippen LogP) is 1.73. The van der Waals surface area contributed by atoms with Crippen LogP contribution in [0, 0.1) is 0 Å². The number of hydrogen-bond donors (Lipinski definition) is 0. The monoisotopic (exact) mass is 162 g/mol. The molecule has 0 bridgehead atoms. The van der Waals surface area contributed by atoms with E-state index in [4.69, 9.17) is 4.74 Å². The number of aromatic nitrogens is 2. The number of nitrogens with zero attached hydrogens (tertiary/aromatic N) is 2. The summed E-state index contributed by atoms with van der Waals surface area (Å²) >= 11 is 0. The molecule has 0 aliphatic rings. The fourth-order valence-electron chi connectivity index (χ4n) is 1.13. The van der Waals surface area contributed by atoms with Crippen LogP contribution in [0.25, 0.3) is 5.65 Å². The molecule has 0 radical (unpaired) electrons. The van der Waals surface area contributed by atoms with Crippen LogP contribution in [0.2, 0.25) is 0 Å². The van der Waals surface area contributed by atoms with Crippen molar-refractivity contribution < 1.29 is 4.74 Å². The number of hydrogen-bond acceptors (Lipinski definition) is 2. The second-order valence-corrected chi connectivity index (χ2v) is 2.48. The lowest BCUT2D eigenvalue weighted by Gasteiger charge is -1.92.